The highest BCUT2D eigenvalue weighted by Crippen LogP contribution is 2.21. The van der Waals surface area contributed by atoms with E-state index in [4.69, 9.17) is 20.0 Å². The van der Waals surface area contributed by atoms with E-state index < -0.39 is 0 Å². The lowest BCUT2D eigenvalue weighted by Gasteiger charge is -2.10. The molecule has 1 aromatic carbocycles. The van der Waals surface area contributed by atoms with Crippen molar-refractivity contribution in [1.82, 2.24) is 0 Å². The van der Waals surface area contributed by atoms with E-state index in [1.165, 1.54) is 14.2 Å². The van der Waals surface area contributed by atoms with Crippen molar-refractivity contribution in [3.63, 3.8) is 0 Å². The SMILES string of the molecule is C=c1c(OC)c(C#N)c(C#N)c(OC)c1=C. The van der Waals surface area contributed by atoms with Gasteiger partial charge in [-0.1, -0.05) is 13.2 Å². The molecule has 0 aliphatic heterocycles. The van der Waals surface area contributed by atoms with Gasteiger partial charge in [-0.25, -0.2) is 0 Å². The summed E-state index contributed by atoms with van der Waals surface area (Å²) >= 11 is 0. The molecule has 0 amide bonds. The van der Waals surface area contributed by atoms with Crippen molar-refractivity contribution in [2.45, 2.75) is 0 Å². The van der Waals surface area contributed by atoms with Gasteiger partial charge in [0.1, 0.15) is 34.8 Å². The molecule has 0 atom stereocenters. The maximum Gasteiger partial charge on any atom is 0.145 e. The monoisotopic (exact) mass is 214 g/mol. The van der Waals surface area contributed by atoms with E-state index in [0.717, 1.165) is 0 Å². The predicted octanol–water partition coefficient (Wildman–Crippen LogP) is 0.268. The quantitative estimate of drug-likeness (QED) is 0.708. The third-order valence-electron chi connectivity index (χ3n) is 2.25. The summed E-state index contributed by atoms with van der Waals surface area (Å²) in [6.45, 7) is 7.51. The summed E-state index contributed by atoms with van der Waals surface area (Å²) in [5.74, 6) is 0.537. The third-order valence-corrected chi connectivity index (χ3v) is 2.25. The largest absolute Gasteiger partial charge is 0.495 e. The second-order valence-electron chi connectivity index (χ2n) is 3.00. The number of methoxy groups -OCH3 is 2. The van der Waals surface area contributed by atoms with Gasteiger partial charge in [-0.2, -0.15) is 10.5 Å². The molecule has 0 radical (unpaired) electrons. The van der Waals surface area contributed by atoms with Crippen LogP contribution in [0.25, 0.3) is 13.2 Å². The van der Waals surface area contributed by atoms with Crippen molar-refractivity contribution in [1.29, 1.82) is 10.5 Å². The van der Waals surface area contributed by atoms with Gasteiger partial charge in [0.15, 0.2) is 0 Å². The Hall–Kier alpha value is -2.46. The van der Waals surface area contributed by atoms with E-state index in [1.54, 1.807) is 0 Å². The van der Waals surface area contributed by atoms with Crippen LogP contribution in [0.3, 0.4) is 0 Å². The molecule has 80 valence electrons. The van der Waals surface area contributed by atoms with Crippen LogP contribution in [0, 0.1) is 22.7 Å². The molecule has 0 aliphatic rings. The van der Waals surface area contributed by atoms with Gasteiger partial charge in [0.2, 0.25) is 0 Å². The zero-order chi connectivity index (χ0) is 12.3. The Morgan fingerprint density at radius 3 is 1.38 bits per heavy atom. The minimum Gasteiger partial charge on any atom is -0.495 e. The molecule has 0 spiro atoms. The van der Waals surface area contributed by atoms with Crippen molar-refractivity contribution in [2.75, 3.05) is 14.2 Å². The van der Waals surface area contributed by atoms with Crippen LogP contribution in [0.15, 0.2) is 0 Å². The van der Waals surface area contributed by atoms with Gasteiger partial charge in [-0.3, -0.25) is 0 Å². The van der Waals surface area contributed by atoms with Gasteiger partial charge in [0, 0.05) is 10.4 Å². The summed E-state index contributed by atoms with van der Waals surface area (Å²) in [7, 11) is 2.83. The fraction of sp³-hybridized carbons (Fsp3) is 0.167. The van der Waals surface area contributed by atoms with E-state index >= 15 is 0 Å². The van der Waals surface area contributed by atoms with Crippen molar-refractivity contribution < 1.29 is 9.47 Å². The van der Waals surface area contributed by atoms with Gasteiger partial charge in [-0.15, -0.1) is 0 Å². The number of nitrogens with zero attached hydrogens (tertiary/aromatic N) is 2. The van der Waals surface area contributed by atoms with E-state index in [0.29, 0.717) is 10.4 Å². The van der Waals surface area contributed by atoms with Crippen LogP contribution in [0.2, 0.25) is 0 Å². The maximum atomic E-state index is 9.01. The van der Waals surface area contributed by atoms with Gasteiger partial charge in [-0.05, 0) is 0 Å². The molecule has 0 aliphatic carbocycles. The topological polar surface area (TPSA) is 66.0 Å². The molecule has 1 aromatic rings. The Labute approximate surface area is 93.3 Å². The minimum atomic E-state index is 0.124. The molecule has 1 rings (SSSR count). The molecule has 0 aromatic heterocycles. The Bertz CT molecular complexity index is 551. The van der Waals surface area contributed by atoms with Crippen molar-refractivity contribution in [3.8, 4) is 23.6 Å². The molecule has 4 nitrogen and oxygen atoms in total. The second-order valence-corrected chi connectivity index (χ2v) is 3.00. The molecule has 0 saturated heterocycles. The van der Waals surface area contributed by atoms with Crippen LogP contribution in [0.5, 0.6) is 11.5 Å². The fourth-order valence-electron chi connectivity index (χ4n) is 1.47. The average molecular weight is 214 g/mol. The van der Waals surface area contributed by atoms with Crippen LogP contribution < -0.4 is 19.9 Å². The zero-order valence-electron chi connectivity index (χ0n) is 9.13. The van der Waals surface area contributed by atoms with Crippen LogP contribution >= 0.6 is 0 Å². The summed E-state index contributed by atoms with van der Waals surface area (Å²) < 4.78 is 10.1. The number of hydrogen-bond acceptors (Lipinski definition) is 4. The number of ether oxygens (including phenoxy) is 2. The lowest BCUT2D eigenvalue weighted by molar-refractivity contribution is 0.395. The van der Waals surface area contributed by atoms with Crippen molar-refractivity contribution in [3.05, 3.63) is 21.6 Å². The summed E-state index contributed by atoms with van der Waals surface area (Å²) in [6.07, 6.45) is 0. The number of nitriles is 2. The summed E-state index contributed by atoms with van der Waals surface area (Å²) in [5.41, 5.74) is 0.249. The Morgan fingerprint density at radius 1 is 0.875 bits per heavy atom. The molecular weight excluding hydrogens is 204 g/mol. The first kappa shape index (κ1) is 11.6. The standard InChI is InChI=1S/C12H10N2O2/c1-7-8(2)12(16-4)10(6-14)9(5-13)11(7)15-3/h1-2H2,3-4H3. The summed E-state index contributed by atoms with van der Waals surface area (Å²) in [5, 5.41) is 18.9. The predicted molar refractivity (Wildman–Crippen MR) is 59.3 cm³/mol. The first-order valence-corrected chi connectivity index (χ1v) is 4.38. The van der Waals surface area contributed by atoms with Gasteiger partial charge >= 0.3 is 0 Å². The molecule has 0 bridgehead atoms. The zero-order valence-corrected chi connectivity index (χ0v) is 9.13. The average Bonchev–Trinajstić information content (AvgIpc) is 2.31. The van der Waals surface area contributed by atoms with Crippen LogP contribution in [0.1, 0.15) is 11.1 Å². The van der Waals surface area contributed by atoms with Crippen LogP contribution in [-0.4, -0.2) is 14.2 Å². The highest BCUT2D eigenvalue weighted by Gasteiger charge is 2.17. The first-order chi connectivity index (χ1) is 7.62. The Morgan fingerprint density at radius 2 is 1.19 bits per heavy atom. The molecular formula is C12H10N2O2. The molecule has 0 heterocycles. The van der Waals surface area contributed by atoms with Crippen molar-refractivity contribution >= 4 is 13.2 Å². The molecule has 0 fully saturated rings. The second kappa shape index (κ2) is 4.37. The molecule has 4 heteroatoms. The van der Waals surface area contributed by atoms with E-state index in [2.05, 4.69) is 13.2 Å². The number of benzene rings is 1. The van der Waals surface area contributed by atoms with E-state index in [-0.39, 0.29) is 22.6 Å². The molecule has 0 saturated carbocycles. The third kappa shape index (κ3) is 1.47. The van der Waals surface area contributed by atoms with Gasteiger partial charge < -0.3 is 9.47 Å². The fourth-order valence-corrected chi connectivity index (χ4v) is 1.47. The van der Waals surface area contributed by atoms with Crippen LogP contribution in [0.4, 0.5) is 0 Å². The summed E-state index contributed by atoms with van der Waals surface area (Å²) in [6, 6.07) is 3.83. The first-order valence-electron chi connectivity index (χ1n) is 4.38. The Kier molecular flexibility index (Phi) is 3.17. The van der Waals surface area contributed by atoms with Crippen LogP contribution in [-0.2, 0) is 0 Å². The number of hydrogen-bond donors (Lipinski definition) is 0. The lowest BCUT2D eigenvalue weighted by atomic mass is 10.0. The Balaban J connectivity index is 3.96. The van der Waals surface area contributed by atoms with Gasteiger partial charge in [0.05, 0.1) is 14.2 Å². The highest BCUT2D eigenvalue weighted by atomic mass is 16.5. The maximum absolute atomic E-state index is 9.01. The normalized spacial score (nSPS) is 9.00. The van der Waals surface area contributed by atoms with E-state index in [1.807, 2.05) is 12.1 Å². The number of rotatable bonds is 2. The molecule has 0 unspecified atom stereocenters. The molecule has 16 heavy (non-hydrogen) atoms. The van der Waals surface area contributed by atoms with E-state index in [9.17, 15) is 0 Å². The van der Waals surface area contributed by atoms with Gasteiger partial charge in [0.25, 0.3) is 0 Å². The highest BCUT2D eigenvalue weighted by molar-refractivity contribution is 5.62. The van der Waals surface area contributed by atoms with Crippen molar-refractivity contribution in [2.24, 2.45) is 0 Å². The minimum absolute atomic E-state index is 0.124. The lowest BCUT2D eigenvalue weighted by Crippen LogP contribution is -2.27. The molecule has 0 N–H and O–H groups in total. The smallest absolute Gasteiger partial charge is 0.145 e. The summed E-state index contributed by atoms with van der Waals surface area (Å²) in [4.78, 5) is 0.